The van der Waals surface area contributed by atoms with Crippen LogP contribution in [-0.2, 0) is 39.3 Å². The number of aromatic nitrogens is 6. The summed E-state index contributed by atoms with van der Waals surface area (Å²) in [5.74, 6) is 0.992. The molecule has 0 unspecified atom stereocenters. The fourth-order valence-corrected chi connectivity index (χ4v) is 7.60. The van der Waals surface area contributed by atoms with Crippen molar-refractivity contribution in [1.29, 1.82) is 0 Å². The Hall–Kier alpha value is -6.81. The Morgan fingerprint density at radius 1 is 0.446 bits per heavy atom. The van der Waals surface area contributed by atoms with E-state index in [1.807, 2.05) is 97.6 Å². The van der Waals surface area contributed by atoms with Crippen LogP contribution in [0.15, 0.2) is 158 Å². The average Bonchev–Trinajstić information content (AvgIpc) is 3.70. The van der Waals surface area contributed by atoms with E-state index < -0.39 is 0 Å². The van der Waals surface area contributed by atoms with Gasteiger partial charge in [-0.3, -0.25) is 29.7 Å². The molecule has 274 valence electrons. The molecular formula is C47H40N8O. The first-order valence-corrected chi connectivity index (χ1v) is 18.8. The second kappa shape index (κ2) is 15.9. The SMILES string of the molecule is Oc1c(CN(Cc2ccccn2)Cc2ccccn2)cc(-c2nc3c4ccccc4c4ccccc4c3[nH]2)cc1CN(Cc1ccccn1)Cc1ccccn1. The molecular weight excluding hydrogens is 693 g/mol. The van der Waals surface area contributed by atoms with Gasteiger partial charge in [0.15, 0.2) is 0 Å². The van der Waals surface area contributed by atoms with E-state index in [-0.39, 0.29) is 5.75 Å². The van der Waals surface area contributed by atoms with Gasteiger partial charge >= 0.3 is 0 Å². The largest absolute Gasteiger partial charge is 0.507 e. The zero-order chi connectivity index (χ0) is 37.7. The number of pyridine rings is 4. The zero-order valence-corrected chi connectivity index (χ0v) is 30.8. The highest BCUT2D eigenvalue weighted by Crippen LogP contribution is 2.37. The van der Waals surface area contributed by atoms with Crippen molar-refractivity contribution in [3.63, 3.8) is 0 Å². The number of H-pyrrole nitrogens is 1. The molecule has 5 aromatic heterocycles. The van der Waals surface area contributed by atoms with Crippen LogP contribution in [0.4, 0.5) is 0 Å². The maximum atomic E-state index is 12.3. The minimum Gasteiger partial charge on any atom is -0.507 e. The Balaban J connectivity index is 1.17. The van der Waals surface area contributed by atoms with E-state index in [0.29, 0.717) is 39.3 Å². The fraction of sp³-hybridized carbons (Fsp3) is 0.128. The van der Waals surface area contributed by atoms with Crippen LogP contribution in [0.1, 0.15) is 33.9 Å². The lowest BCUT2D eigenvalue weighted by atomic mass is 10.0. The number of fused-ring (bicyclic) bond motifs is 6. The third kappa shape index (κ3) is 7.59. The fourth-order valence-electron chi connectivity index (χ4n) is 7.60. The van der Waals surface area contributed by atoms with E-state index in [0.717, 1.165) is 67.1 Å². The number of benzene rings is 4. The molecule has 5 heterocycles. The molecule has 0 aliphatic carbocycles. The number of imidazole rings is 1. The molecule has 0 amide bonds. The molecule has 0 saturated carbocycles. The molecule has 0 aliphatic heterocycles. The summed E-state index contributed by atoms with van der Waals surface area (Å²) < 4.78 is 0. The van der Waals surface area contributed by atoms with Crippen LogP contribution in [0, 0.1) is 0 Å². The minimum absolute atomic E-state index is 0.250. The number of nitrogens with zero attached hydrogens (tertiary/aromatic N) is 7. The van der Waals surface area contributed by atoms with Crippen molar-refractivity contribution in [2.45, 2.75) is 39.3 Å². The lowest BCUT2D eigenvalue weighted by molar-refractivity contribution is 0.231. The normalized spacial score (nSPS) is 11.7. The summed E-state index contributed by atoms with van der Waals surface area (Å²) >= 11 is 0. The van der Waals surface area contributed by atoms with Gasteiger partial charge in [0.1, 0.15) is 11.6 Å². The first-order chi connectivity index (χ1) is 27.6. The molecule has 0 bridgehead atoms. The molecule has 9 rings (SSSR count). The van der Waals surface area contributed by atoms with Gasteiger partial charge in [0.05, 0.1) is 33.8 Å². The number of phenolic OH excluding ortho intramolecular Hbond substituents is 1. The van der Waals surface area contributed by atoms with Gasteiger partial charge in [-0.25, -0.2) is 4.98 Å². The molecule has 9 nitrogen and oxygen atoms in total. The summed E-state index contributed by atoms with van der Waals surface area (Å²) in [5.41, 5.74) is 8.13. The quantitative estimate of drug-likeness (QED) is 0.113. The Kier molecular flexibility index (Phi) is 9.91. The van der Waals surface area contributed by atoms with Gasteiger partial charge < -0.3 is 10.1 Å². The first-order valence-electron chi connectivity index (χ1n) is 18.8. The Bertz CT molecular complexity index is 2460. The van der Waals surface area contributed by atoms with E-state index in [1.165, 1.54) is 10.8 Å². The third-order valence-corrected chi connectivity index (χ3v) is 10.1. The number of nitrogens with one attached hydrogen (secondary N) is 1. The van der Waals surface area contributed by atoms with Crippen molar-refractivity contribution in [2.75, 3.05) is 0 Å². The predicted octanol–water partition coefficient (Wildman–Crippen LogP) is 9.23. The molecule has 0 aliphatic rings. The van der Waals surface area contributed by atoms with Crippen molar-refractivity contribution in [1.82, 2.24) is 39.7 Å². The number of hydrogen-bond donors (Lipinski definition) is 2. The van der Waals surface area contributed by atoms with Crippen LogP contribution in [0.2, 0.25) is 0 Å². The zero-order valence-electron chi connectivity index (χ0n) is 30.8. The molecule has 0 atom stereocenters. The standard InChI is InChI=1S/C47H40N8O/c56-46-34(27-54(29-36-13-5-9-21-48-36)30-37-14-6-10-22-49-37)25-33(26-35(46)28-55(31-38-15-7-11-23-50-38)32-39-16-8-12-24-51-39)47-52-44-42-19-3-1-17-40(42)41-18-2-4-20-43(41)45(44)53-47/h1-26,56H,27-32H2,(H,52,53). The number of aromatic amines is 1. The molecule has 56 heavy (non-hydrogen) atoms. The van der Waals surface area contributed by atoms with Crippen molar-refractivity contribution in [3.8, 4) is 17.1 Å². The van der Waals surface area contributed by atoms with Gasteiger partial charge in [0, 0.05) is 91.5 Å². The van der Waals surface area contributed by atoms with E-state index in [2.05, 4.69) is 95.4 Å². The van der Waals surface area contributed by atoms with E-state index in [9.17, 15) is 5.11 Å². The summed E-state index contributed by atoms with van der Waals surface area (Å²) in [6.07, 6.45) is 7.27. The van der Waals surface area contributed by atoms with Gasteiger partial charge in [-0.1, -0.05) is 72.8 Å². The second-order valence-corrected chi connectivity index (χ2v) is 14.1. The van der Waals surface area contributed by atoms with Crippen molar-refractivity contribution in [2.24, 2.45) is 0 Å². The van der Waals surface area contributed by atoms with Crippen LogP contribution in [0.5, 0.6) is 5.75 Å². The van der Waals surface area contributed by atoms with Crippen LogP contribution in [0.25, 0.3) is 44.0 Å². The molecule has 0 fully saturated rings. The van der Waals surface area contributed by atoms with Crippen LogP contribution >= 0.6 is 0 Å². The number of rotatable bonds is 13. The number of hydrogen-bond acceptors (Lipinski definition) is 8. The van der Waals surface area contributed by atoms with E-state index >= 15 is 0 Å². The Morgan fingerprint density at radius 3 is 1.27 bits per heavy atom. The molecule has 9 heteroatoms. The summed E-state index contributed by atoms with van der Waals surface area (Å²) in [5, 5.41) is 16.9. The summed E-state index contributed by atoms with van der Waals surface area (Å²) in [4.78, 5) is 32.1. The van der Waals surface area contributed by atoms with Crippen molar-refractivity contribution < 1.29 is 5.11 Å². The predicted molar refractivity (Wildman–Crippen MR) is 221 cm³/mol. The molecule has 4 aromatic carbocycles. The topological polar surface area (TPSA) is 107 Å². The lowest BCUT2D eigenvalue weighted by Gasteiger charge is -2.25. The maximum absolute atomic E-state index is 12.3. The highest BCUT2D eigenvalue weighted by atomic mass is 16.3. The molecule has 2 N–H and O–H groups in total. The number of phenols is 1. The van der Waals surface area contributed by atoms with Gasteiger partial charge in [0.25, 0.3) is 0 Å². The highest BCUT2D eigenvalue weighted by molar-refractivity contribution is 6.23. The molecule has 0 saturated heterocycles. The van der Waals surface area contributed by atoms with Gasteiger partial charge in [0.2, 0.25) is 0 Å². The Labute approximate surface area is 325 Å². The average molecular weight is 733 g/mol. The van der Waals surface area contributed by atoms with Gasteiger partial charge in [-0.2, -0.15) is 0 Å². The Morgan fingerprint density at radius 2 is 0.839 bits per heavy atom. The highest BCUT2D eigenvalue weighted by Gasteiger charge is 2.21. The smallest absolute Gasteiger partial charge is 0.138 e. The monoisotopic (exact) mass is 732 g/mol. The summed E-state index contributed by atoms with van der Waals surface area (Å²) in [6.45, 7) is 3.20. The van der Waals surface area contributed by atoms with E-state index in [1.54, 1.807) is 0 Å². The minimum atomic E-state index is 0.250. The molecule has 0 spiro atoms. The van der Waals surface area contributed by atoms with Crippen molar-refractivity contribution >= 4 is 32.6 Å². The van der Waals surface area contributed by atoms with Crippen LogP contribution < -0.4 is 0 Å². The maximum Gasteiger partial charge on any atom is 0.138 e. The third-order valence-electron chi connectivity index (χ3n) is 10.1. The van der Waals surface area contributed by atoms with Gasteiger partial charge in [-0.15, -0.1) is 0 Å². The molecule has 9 aromatic rings. The summed E-state index contributed by atoms with van der Waals surface area (Å²) in [7, 11) is 0. The lowest BCUT2D eigenvalue weighted by Crippen LogP contribution is -2.25. The second-order valence-electron chi connectivity index (χ2n) is 14.1. The number of aromatic hydroxyl groups is 1. The molecule has 0 radical (unpaired) electrons. The first kappa shape index (κ1) is 34.9. The summed E-state index contributed by atoms with van der Waals surface area (Å²) in [6, 6.07) is 44.9. The van der Waals surface area contributed by atoms with E-state index in [4.69, 9.17) is 4.98 Å². The van der Waals surface area contributed by atoms with Crippen LogP contribution in [0.3, 0.4) is 0 Å². The van der Waals surface area contributed by atoms with Crippen LogP contribution in [-0.4, -0.2) is 44.8 Å². The van der Waals surface area contributed by atoms with Crippen molar-refractivity contribution in [3.05, 3.63) is 192 Å². The van der Waals surface area contributed by atoms with Gasteiger partial charge in [-0.05, 0) is 71.4 Å².